The van der Waals surface area contributed by atoms with Gasteiger partial charge in [0.15, 0.2) is 0 Å². The summed E-state index contributed by atoms with van der Waals surface area (Å²) in [6, 6.07) is 5.62. The van der Waals surface area contributed by atoms with Crippen molar-refractivity contribution in [1.82, 2.24) is 4.31 Å². The van der Waals surface area contributed by atoms with Crippen LogP contribution in [0.5, 0.6) is 5.75 Å². The molecule has 116 valence electrons. The first kappa shape index (κ1) is 15.6. The number of halogens is 2. The van der Waals surface area contributed by atoms with Crippen LogP contribution in [-0.4, -0.2) is 44.6 Å². The van der Waals surface area contributed by atoms with Gasteiger partial charge in [-0.25, -0.2) is 12.7 Å². The summed E-state index contributed by atoms with van der Waals surface area (Å²) < 4.78 is 52.0. The lowest BCUT2D eigenvalue weighted by Gasteiger charge is -2.35. The third-order valence-electron chi connectivity index (χ3n) is 3.01. The van der Waals surface area contributed by atoms with E-state index < -0.39 is 22.6 Å². The number of amides is 1. The minimum Gasteiger partial charge on any atom is -0.435 e. The van der Waals surface area contributed by atoms with Crippen LogP contribution in [-0.2, 0) is 14.8 Å². The molecule has 0 bridgehead atoms. The molecule has 0 saturated carbocycles. The number of hydrogen-bond acceptors (Lipinski definition) is 4. The van der Waals surface area contributed by atoms with Crippen molar-refractivity contribution in [2.75, 3.05) is 24.7 Å². The molecule has 0 radical (unpaired) electrons. The van der Waals surface area contributed by atoms with E-state index in [1.165, 1.54) is 28.6 Å². The number of alkyl halides is 2. The number of nitrogens with one attached hydrogen (secondary N) is 1. The maximum Gasteiger partial charge on any atom is 0.387 e. The van der Waals surface area contributed by atoms with Crippen LogP contribution in [0.2, 0.25) is 0 Å². The number of ether oxygens (including phenoxy) is 1. The molecular weight excluding hydrogens is 306 g/mol. The molecule has 0 spiro atoms. The fourth-order valence-electron chi connectivity index (χ4n) is 1.87. The van der Waals surface area contributed by atoms with E-state index in [2.05, 4.69) is 10.1 Å². The molecule has 0 unspecified atom stereocenters. The molecule has 0 aliphatic carbocycles. The second-order valence-electron chi connectivity index (χ2n) is 4.67. The standard InChI is InChI=1S/C12H14F2N2O4S/c1-21(18,19)16-6-8(7-16)11(17)15-9-3-2-4-10(5-9)20-12(13)14/h2-5,8,12H,6-7H2,1H3,(H,15,17). The van der Waals surface area contributed by atoms with Crippen LogP contribution >= 0.6 is 0 Å². The van der Waals surface area contributed by atoms with Gasteiger partial charge < -0.3 is 10.1 Å². The number of benzene rings is 1. The molecule has 1 aliphatic heterocycles. The van der Waals surface area contributed by atoms with E-state index >= 15 is 0 Å². The Hall–Kier alpha value is -1.74. The Morgan fingerprint density at radius 3 is 2.67 bits per heavy atom. The number of sulfonamides is 1. The fraction of sp³-hybridized carbons (Fsp3) is 0.417. The quantitative estimate of drug-likeness (QED) is 0.882. The molecule has 1 amide bonds. The van der Waals surface area contributed by atoms with Crippen LogP contribution in [0.1, 0.15) is 0 Å². The molecule has 1 fully saturated rings. The third kappa shape index (κ3) is 4.11. The zero-order valence-electron chi connectivity index (χ0n) is 11.1. The maximum absolute atomic E-state index is 12.1. The topological polar surface area (TPSA) is 75.7 Å². The molecule has 0 aromatic heterocycles. The molecule has 0 atom stereocenters. The van der Waals surface area contributed by atoms with Crippen LogP contribution in [0.4, 0.5) is 14.5 Å². The number of nitrogens with zero attached hydrogens (tertiary/aromatic N) is 1. The van der Waals surface area contributed by atoms with Gasteiger partial charge in [-0.05, 0) is 12.1 Å². The van der Waals surface area contributed by atoms with Crippen molar-refractivity contribution >= 4 is 21.6 Å². The average molecular weight is 320 g/mol. The SMILES string of the molecule is CS(=O)(=O)N1CC(C(=O)Nc2cccc(OC(F)F)c2)C1. The fourth-order valence-corrected chi connectivity index (χ4v) is 2.77. The van der Waals surface area contributed by atoms with Gasteiger partial charge in [0.25, 0.3) is 0 Å². The molecule has 9 heteroatoms. The van der Waals surface area contributed by atoms with Crippen molar-refractivity contribution in [2.45, 2.75) is 6.61 Å². The highest BCUT2D eigenvalue weighted by atomic mass is 32.2. The Morgan fingerprint density at radius 2 is 2.10 bits per heavy atom. The Bertz CT molecular complexity index is 630. The van der Waals surface area contributed by atoms with Gasteiger partial charge in [0, 0.05) is 24.8 Å². The van der Waals surface area contributed by atoms with E-state index in [1.54, 1.807) is 0 Å². The maximum atomic E-state index is 12.1. The lowest BCUT2D eigenvalue weighted by atomic mass is 10.0. The highest BCUT2D eigenvalue weighted by Crippen LogP contribution is 2.23. The summed E-state index contributed by atoms with van der Waals surface area (Å²) in [5, 5.41) is 2.54. The van der Waals surface area contributed by atoms with Gasteiger partial charge in [-0.15, -0.1) is 0 Å². The van der Waals surface area contributed by atoms with E-state index in [0.29, 0.717) is 5.69 Å². The third-order valence-corrected chi connectivity index (χ3v) is 4.25. The monoisotopic (exact) mass is 320 g/mol. The molecule has 1 aliphatic rings. The van der Waals surface area contributed by atoms with Gasteiger partial charge in [-0.1, -0.05) is 6.07 Å². The zero-order chi connectivity index (χ0) is 15.6. The van der Waals surface area contributed by atoms with E-state index in [4.69, 9.17) is 0 Å². The first-order chi connectivity index (χ1) is 9.75. The van der Waals surface area contributed by atoms with Crippen LogP contribution in [0, 0.1) is 5.92 Å². The van der Waals surface area contributed by atoms with Crippen molar-refractivity contribution in [2.24, 2.45) is 5.92 Å². The minimum atomic E-state index is -3.28. The molecule has 2 rings (SSSR count). The smallest absolute Gasteiger partial charge is 0.387 e. The Kier molecular flexibility index (Phi) is 4.43. The minimum absolute atomic E-state index is 0.0610. The molecule has 21 heavy (non-hydrogen) atoms. The second-order valence-corrected chi connectivity index (χ2v) is 6.65. The summed E-state index contributed by atoms with van der Waals surface area (Å²) in [4.78, 5) is 11.9. The number of anilines is 1. The van der Waals surface area contributed by atoms with E-state index in [9.17, 15) is 22.0 Å². The number of carbonyl (C=O) groups is 1. The summed E-state index contributed by atoms with van der Waals surface area (Å²) in [5.41, 5.74) is 0.316. The van der Waals surface area contributed by atoms with E-state index in [-0.39, 0.29) is 24.7 Å². The van der Waals surface area contributed by atoms with Crippen molar-refractivity contribution in [3.8, 4) is 5.75 Å². The van der Waals surface area contributed by atoms with Gasteiger partial charge in [-0.3, -0.25) is 4.79 Å². The van der Waals surface area contributed by atoms with Crippen molar-refractivity contribution in [3.63, 3.8) is 0 Å². The summed E-state index contributed by atoms with van der Waals surface area (Å²) >= 11 is 0. The van der Waals surface area contributed by atoms with Gasteiger partial charge in [0.05, 0.1) is 12.2 Å². The molecule has 1 aromatic carbocycles. The van der Waals surface area contributed by atoms with E-state index in [1.807, 2.05) is 0 Å². The van der Waals surface area contributed by atoms with Crippen LogP contribution in [0.15, 0.2) is 24.3 Å². The Balaban J connectivity index is 1.92. The summed E-state index contributed by atoms with van der Waals surface area (Å²) in [6.45, 7) is -2.69. The van der Waals surface area contributed by atoms with Crippen molar-refractivity contribution < 1.29 is 26.7 Å². The Morgan fingerprint density at radius 1 is 1.43 bits per heavy atom. The number of hydrogen-bond donors (Lipinski definition) is 1. The van der Waals surface area contributed by atoms with Gasteiger partial charge in [0.1, 0.15) is 5.75 Å². The summed E-state index contributed by atoms with van der Waals surface area (Å²) in [6.07, 6.45) is 1.08. The summed E-state index contributed by atoms with van der Waals surface area (Å²) in [5.74, 6) is -0.863. The van der Waals surface area contributed by atoms with Crippen LogP contribution in [0.25, 0.3) is 0 Å². The number of carbonyl (C=O) groups excluding carboxylic acids is 1. The lowest BCUT2D eigenvalue weighted by molar-refractivity contribution is -0.122. The van der Waals surface area contributed by atoms with Gasteiger partial charge in [0.2, 0.25) is 15.9 Å². The number of rotatable bonds is 5. The van der Waals surface area contributed by atoms with E-state index in [0.717, 1.165) is 6.26 Å². The molecule has 1 aromatic rings. The zero-order valence-corrected chi connectivity index (χ0v) is 11.9. The highest BCUT2D eigenvalue weighted by molar-refractivity contribution is 7.88. The molecule has 6 nitrogen and oxygen atoms in total. The molecule has 1 heterocycles. The Labute approximate surface area is 120 Å². The van der Waals surface area contributed by atoms with Gasteiger partial charge in [-0.2, -0.15) is 8.78 Å². The predicted molar refractivity (Wildman–Crippen MR) is 71.6 cm³/mol. The first-order valence-corrected chi connectivity index (χ1v) is 7.91. The largest absolute Gasteiger partial charge is 0.435 e. The first-order valence-electron chi connectivity index (χ1n) is 6.06. The molecule has 1 N–H and O–H groups in total. The van der Waals surface area contributed by atoms with Crippen molar-refractivity contribution in [1.29, 1.82) is 0 Å². The predicted octanol–water partition coefficient (Wildman–Crippen LogP) is 1.12. The molecule has 1 saturated heterocycles. The lowest BCUT2D eigenvalue weighted by Crippen LogP contribution is -2.53. The molecular formula is C12H14F2N2O4S. The second kappa shape index (κ2) is 5.94. The average Bonchev–Trinajstić information content (AvgIpc) is 2.23. The highest BCUT2D eigenvalue weighted by Gasteiger charge is 2.37. The van der Waals surface area contributed by atoms with Crippen LogP contribution in [0.3, 0.4) is 0 Å². The van der Waals surface area contributed by atoms with Crippen molar-refractivity contribution in [3.05, 3.63) is 24.3 Å². The normalized spacial score (nSPS) is 16.6. The summed E-state index contributed by atoms with van der Waals surface area (Å²) in [7, 11) is -3.28. The van der Waals surface area contributed by atoms with Gasteiger partial charge >= 0.3 is 6.61 Å². The van der Waals surface area contributed by atoms with Crippen LogP contribution < -0.4 is 10.1 Å².